The fraction of sp³-hybridized carbons (Fsp3) is 0.489. The molecule has 8 N–H and O–H groups in total. The van der Waals surface area contributed by atoms with Crippen LogP contribution < -0.4 is 47.3 Å². The van der Waals surface area contributed by atoms with E-state index in [1.807, 2.05) is 81.4 Å². The number of nitrogens with zero attached hydrogens (tertiary/aromatic N) is 4. The van der Waals surface area contributed by atoms with Gasteiger partial charge in [-0.25, -0.2) is 14.5 Å². The van der Waals surface area contributed by atoms with Gasteiger partial charge in [-0.3, -0.25) is 52.8 Å². The van der Waals surface area contributed by atoms with Gasteiger partial charge in [-0.2, -0.15) is 0 Å². The number of benzene rings is 5. The number of carbonyl (C=O) groups excluding carboxylic acids is 12. The second-order valence-corrected chi connectivity index (χ2v) is 34.3. The number of thioether (sulfide) groups is 2. The van der Waals surface area contributed by atoms with E-state index in [1.54, 1.807) is 160 Å². The number of methoxy groups -OCH3 is 2. The summed E-state index contributed by atoms with van der Waals surface area (Å²) in [6, 6.07) is 34.7. The van der Waals surface area contributed by atoms with Crippen LogP contribution in [0.3, 0.4) is 0 Å². The molecule has 650 valence electrons. The van der Waals surface area contributed by atoms with Gasteiger partial charge in [-0.15, -0.1) is 0 Å². The zero-order chi connectivity index (χ0) is 88.2. The fourth-order valence-electron chi connectivity index (χ4n) is 14.4. The standard InChI is InChI=1S/C90H121N11O17S2/c1-18-58(9)76(70(114-16)50-72(103)100-48-29-37-69(100)78(115-17)59(10)81(105)93-60(11)77(104)62-30-22-19-23-31-62)98(14)85(109)74(55(4)5)97-84(108)75(56(6)7)99(15)89(113)117-53-61-38-40-63(41-39-61)94-82(106)68(36-28-47-92-88(91)112)95-83(107)73(54(2)3)96-71(102)51-90(12,13)118-49-46-57(8)52-116-65-44-42-64(43-45-65)101-86(110)79(119-66-32-24-20-25-33-66)80(87(101)111)120-67-34-26-21-27-35-67/h19-27,30-35,38-45,54-55,57-60,68-70,73-74,76,78H,18,28-29,36-37,46-53H2,1-17H3,(H,93,105)(H,94,106)(H,95,107)(H,96,102)(H,97,108)(H3,91,92,112)/t57?,58?,59?,60-,68+,69+,70-,73+,74+,76+,78-/m1/s1. The van der Waals surface area contributed by atoms with Gasteiger partial charge in [0.25, 0.3) is 17.7 Å². The largest absolute Gasteiger partial charge is 0.493 e. The minimum atomic E-state index is -1.16. The van der Waals surface area contributed by atoms with Crippen LogP contribution in [0.15, 0.2) is 170 Å². The highest BCUT2D eigenvalue weighted by Crippen LogP contribution is 2.44. The van der Waals surface area contributed by atoms with Crippen molar-refractivity contribution < 1.29 is 81.2 Å². The van der Waals surface area contributed by atoms with Gasteiger partial charge in [0.1, 0.15) is 36.2 Å². The molecule has 120 heavy (non-hydrogen) atoms. The predicted molar refractivity (Wildman–Crippen MR) is 463 cm³/mol. The third-order valence-electron chi connectivity index (χ3n) is 21.3. The van der Waals surface area contributed by atoms with Crippen LogP contribution in [0.1, 0.15) is 157 Å². The van der Waals surface area contributed by atoms with Crippen LogP contribution in [0.2, 0.25) is 0 Å². The lowest BCUT2D eigenvalue weighted by molar-refractivity contribution is -0.147. The lowest BCUT2D eigenvalue weighted by atomic mass is 9.89. The van der Waals surface area contributed by atoms with Crippen molar-refractivity contribution in [2.24, 2.45) is 35.3 Å². The summed E-state index contributed by atoms with van der Waals surface area (Å²) in [4.78, 5) is 174. The molecule has 7 rings (SSSR count). The molecule has 5 aromatic rings. The number of hydrogen-bond donors (Lipinski definition) is 7. The summed E-state index contributed by atoms with van der Waals surface area (Å²) >= 11 is 2.52. The van der Waals surface area contributed by atoms with Crippen molar-refractivity contribution in [3.05, 3.63) is 172 Å². The predicted octanol–water partition coefficient (Wildman–Crippen LogP) is 12.0. The summed E-state index contributed by atoms with van der Waals surface area (Å²) in [5.74, 6) is -5.88. The highest BCUT2D eigenvalue weighted by molar-refractivity contribution is 8.08. The lowest BCUT2D eigenvalue weighted by Gasteiger charge is -2.41. The highest BCUT2D eigenvalue weighted by atomic mass is 32.2. The first-order chi connectivity index (χ1) is 57.0. The molecule has 0 bridgehead atoms. The molecule has 2 aliphatic rings. The molecule has 0 aromatic heterocycles. The summed E-state index contributed by atoms with van der Waals surface area (Å²) < 4.78 is 30.1. The number of ether oxygens (including phenoxy) is 5. The molecule has 28 nitrogen and oxygen atoms in total. The molecule has 12 amide bonds. The number of carbonyl (C=O) groups is 12. The Morgan fingerprint density at radius 2 is 1.26 bits per heavy atom. The Hall–Kier alpha value is -10.4. The van der Waals surface area contributed by atoms with Crippen LogP contribution in [0.5, 0.6) is 5.75 Å². The van der Waals surface area contributed by atoms with Gasteiger partial charge in [0.2, 0.25) is 35.4 Å². The van der Waals surface area contributed by atoms with Crippen LogP contribution in [-0.2, 0) is 68.7 Å². The molecule has 0 saturated carbocycles. The van der Waals surface area contributed by atoms with E-state index in [4.69, 9.17) is 29.4 Å². The fourth-order valence-corrected chi connectivity index (χ4v) is 16.4. The molecule has 0 radical (unpaired) electrons. The van der Waals surface area contributed by atoms with E-state index in [1.165, 1.54) is 54.6 Å². The summed E-state index contributed by atoms with van der Waals surface area (Å²) in [7, 11) is 5.97. The normalized spacial score (nSPS) is 16.0. The molecule has 1 fully saturated rings. The molecule has 5 aromatic carbocycles. The number of nitrogens with two attached hydrogens (primary N) is 1. The number of urea groups is 1. The Morgan fingerprint density at radius 3 is 1.80 bits per heavy atom. The summed E-state index contributed by atoms with van der Waals surface area (Å²) in [6.07, 6.45) is 0.0352. The van der Waals surface area contributed by atoms with E-state index < -0.39 is 131 Å². The van der Waals surface area contributed by atoms with E-state index >= 15 is 0 Å². The summed E-state index contributed by atoms with van der Waals surface area (Å²) in [6.45, 7) is 24.0. The van der Waals surface area contributed by atoms with Crippen LogP contribution in [-0.4, -0.2) is 194 Å². The minimum absolute atomic E-state index is 0.00623. The number of Topliss-reactive ketones (excluding diaryl/α,β-unsaturated/α-hetero) is 1. The summed E-state index contributed by atoms with van der Waals surface area (Å²) in [5, 5.41) is 16.7. The maximum atomic E-state index is 14.9. The number of imide groups is 1. The molecule has 11 atom stereocenters. The number of nitrogens with one attached hydrogen (secondary N) is 6. The van der Waals surface area contributed by atoms with E-state index in [0.29, 0.717) is 82.5 Å². The molecule has 30 heteroatoms. The SMILES string of the molecule is CCC(C)[C@@H]([C@@H](CC(=O)N1CCC[C@H]1[C@H](OC)C(C)C(=O)N[C@H](C)C(=O)c1ccccc1)OC)N(C)C(=O)[C@@H](NC(=O)C(=C(C)C)N(C)C(=O)OCc1ccc(NC(=O)[C@H](CCCNC(N)=O)NC(=O)[C@@H](NC(=O)CC(C)(C)OCCC(C)COc2ccc(N3C(=O)C(Sc4ccccc4)=C(Sc4ccccc4)C3=O)cc2)C(C)C)cc1)C(C)C. The number of rotatable bonds is 45. The number of likely N-dealkylation sites (tertiary alicyclic amines) is 1. The molecule has 0 spiro atoms. The molecule has 2 heterocycles. The average molecular weight is 1690 g/mol. The Morgan fingerprint density at radius 1 is 0.675 bits per heavy atom. The number of hydrogen-bond acceptors (Lipinski definition) is 19. The number of likely N-dealkylation sites (N-methyl/N-ethyl adjacent to an activating group) is 2. The highest BCUT2D eigenvalue weighted by Gasteiger charge is 2.45. The molecule has 3 unspecified atom stereocenters. The molecule has 1 saturated heterocycles. The number of amides is 12. The second-order valence-electron chi connectivity index (χ2n) is 32.1. The monoisotopic (exact) mass is 1690 g/mol. The van der Waals surface area contributed by atoms with Crippen molar-refractivity contribution in [2.75, 3.05) is 64.8 Å². The lowest BCUT2D eigenvalue weighted by Crippen LogP contribution is -2.58. The van der Waals surface area contributed by atoms with E-state index in [-0.39, 0.29) is 74.7 Å². The number of ketones is 1. The Bertz CT molecular complexity index is 4330. The first-order valence-electron chi connectivity index (χ1n) is 40.9. The number of allylic oxidation sites excluding steroid dienone is 1. The van der Waals surface area contributed by atoms with Crippen molar-refractivity contribution in [1.29, 1.82) is 0 Å². The topological polar surface area (TPSA) is 362 Å². The average Bonchev–Trinajstić information content (AvgIpc) is 1.62. The van der Waals surface area contributed by atoms with Gasteiger partial charge < -0.3 is 71.1 Å². The zero-order valence-corrected chi connectivity index (χ0v) is 73.7. The Kier molecular flexibility index (Phi) is 37.4. The summed E-state index contributed by atoms with van der Waals surface area (Å²) in [5.41, 5.74) is 6.42. The Labute approximate surface area is 714 Å². The third kappa shape index (κ3) is 27.6. The van der Waals surface area contributed by atoms with Crippen molar-refractivity contribution in [3.8, 4) is 5.75 Å². The molecular weight excluding hydrogens is 1570 g/mol. The van der Waals surface area contributed by atoms with Gasteiger partial charge in [0.05, 0.1) is 76.8 Å². The maximum absolute atomic E-state index is 14.9. The van der Waals surface area contributed by atoms with Crippen LogP contribution in [0.4, 0.5) is 21.0 Å². The molecule has 0 aliphatic carbocycles. The van der Waals surface area contributed by atoms with Crippen LogP contribution in [0, 0.1) is 29.6 Å². The quantitative estimate of drug-likeness (QED) is 0.00824. The maximum Gasteiger partial charge on any atom is 0.414 e. The van der Waals surface area contributed by atoms with Crippen LogP contribution >= 0.6 is 23.5 Å². The van der Waals surface area contributed by atoms with Crippen molar-refractivity contribution in [1.82, 2.24) is 41.3 Å². The first kappa shape index (κ1) is 96.7. The van der Waals surface area contributed by atoms with Crippen molar-refractivity contribution in [2.45, 2.75) is 212 Å². The number of primary amides is 1. The van der Waals surface area contributed by atoms with Gasteiger partial charge in [-0.05, 0) is 162 Å². The minimum Gasteiger partial charge on any atom is -0.493 e. The Balaban J connectivity index is 0.884. The van der Waals surface area contributed by atoms with Crippen molar-refractivity contribution in [3.63, 3.8) is 0 Å². The molecular formula is C90H121N11O17S2. The van der Waals surface area contributed by atoms with Crippen molar-refractivity contribution >= 4 is 106 Å². The van der Waals surface area contributed by atoms with E-state index in [2.05, 4.69) is 31.9 Å². The molecule has 2 aliphatic heterocycles. The third-order valence-corrected chi connectivity index (χ3v) is 23.6. The zero-order valence-electron chi connectivity index (χ0n) is 72.1. The van der Waals surface area contributed by atoms with Crippen LogP contribution in [0.25, 0.3) is 0 Å². The number of anilines is 2. The first-order valence-corrected chi connectivity index (χ1v) is 42.5. The van der Waals surface area contributed by atoms with E-state index in [9.17, 15) is 57.5 Å². The smallest absolute Gasteiger partial charge is 0.414 e. The van der Waals surface area contributed by atoms with E-state index in [0.717, 1.165) is 14.7 Å². The van der Waals surface area contributed by atoms with Gasteiger partial charge in [0.15, 0.2) is 5.78 Å². The van der Waals surface area contributed by atoms with Gasteiger partial charge >= 0.3 is 12.1 Å². The second kappa shape index (κ2) is 46.4. The van der Waals surface area contributed by atoms with Gasteiger partial charge in [-0.1, -0.05) is 164 Å². The van der Waals surface area contributed by atoms with Gasteiger partial charge in [0, 0.05) is 69.1 Å².